The number of sulfone groups is 1. The molecule has 3 nitrogen and oxygen atoms in total. The predicted molar refractivity (Wildman–Crippen MR) is 96.3 cm³/mol. The minimum absolute atomic E-state index is 0.327. The fourth-order valence-corrected chi connectivity index (χ4v) is 5.19. The van der Waals surface area contributed by atoms with Crippen molar-refractivity contribution in [2.75, 3.05) is 18.1 Å². The van der Waals surface area contributed by atoms with E-state index in [9.17, 15) is 8.42 Å². The second-order valence-electron chi connectivity index (χ2n) is 5.99. The lowest BCUT2D eigenvalue weighted by atomic mass is 9.94. The third-order valence-electron chi connectivity index (χ3n) is 4.02. The van der Waals surface area contributed by atoms with Crippen LogP contribution in [-0.2, 0) is 16.3 Å². The average Bonchev–Trinajstić information content (AvgIpc) is 2.78. The number of nitrogens with one attached hydrogen (secondary N) is 1. The van der Waals surface area contributed by atoms with Crippen LogP contribution in [0, 0.1) is 9.49 Å². The first-order valence-corrected chi connectivity index (χ1v) is 10.6. The second-order valence-corrected chi connectivity index (χ2v) is 9.46. The summed E-state index contributed by atoms with van der Waals surface area (Å²) >= 11 is 2.31. The molecule has 2 unspecified atom stereocenters. The Morgan fingerprint density at radius 2 is 2.05 bits per heavy atom. The molecular weight excluding hydrogens is 397 g/mol. The first-order chi connectivity index (χ1) is 9.98. The summed E-state index contributed by atoms with van der Waals surface area (Å²) in [5, 5.41) is 3.59. The van der Waals surface area contributed by atoms with E-state index in [1.165, 1.54) is 9.13 Å². The van der Waals surface area contributed by atoms with Crippen molar-refractivity contribution in [2.24, 2.45) is 5.92 Å². The van der Waals surface area contributed by atoms with Gasteiger partial charge in [-0.15, -0.1) is 0 Å². The average molecular weight is 421 g/mol. The number of halogens is 1. The molecule has 1 aromatic rings. The summed E-state index contributed by atoms with van der Waals surface area (Å²) in [4.78, 5) is 0. The van der Waals surface area contributed by atoms with E-state index in [4.69, 9.17) is 0 Å². The Hall–Kier alpha value is -0.140. The van der Waals surface area contributed by atoms with Gasteiger partial charge in [0, 0.05) is 9.61 Å². The van der Waals surface area contributed by atoms with E-state index < -0.39 is 9.84 Å². The van der Waals surface area contributed by atoms with E-state index in [0.717, 1.165) is 32.2 Å². The zero-order chi connectivity index (χ0) is 15.3. The van der Waals surface area contributed by atoms with Gasteiger partial charge < -0.3 is 5.32 Å². The van der Waals surface area contributed by atoms with Crippen LogP contribution in [0.5, 0.6) is 0 Å². The van der Waals surface area contributed by atoms with Crippen LogP contribution in [-0.4, -0.2) is 32.5 Å². The summed E-state index contributed by atoms with van der Waals surface area (Å²) in [5.74, 6) is 1.08. The molecule has 1 heterocycles. The molecule has 1 saturated heterocycles. The molecule has 0 bridgehead atoms. The molecule has 21 heavy (non-hydrogen) atoms. The molecule has 2 atom stereocenters. The van der Waals surface area contributed by atoms with Gasteiger partial charge in [0.15, 0.2) is 9.84 Å². The van der Waals surface area contributed by atoms with Gasteiger partial charge in [-0.2, -0.15) is 0 Å². The van der Waals surface area contributed by atoms with Gasteiger partial charge >= 0.3 is 0 Å². The standard InChI is InChI=1S/C16H24INO2S/c1-2-8-18-16(10-13-3-5-15(17)6-4-13)11-14-7-9-21(19,20)12-14/h3-6,14,16,18H,2,7-12H2,1H3. The first-order valence-electron chi connectivity index (χ1n) is 7.67. The van der Waals surface area contributed by atoms with Crippen molar-refractivity contribution < 1.29 is 8.42 Å². The van der Waals surface area contributed by atoms with Crippen LogP contribution < -0.4 is 5.32 Å². The Labute approximate surface area is 142 Å². The molecule has 5 heteroatoms. The van der Waals surface area contributed by atoms with Crippen LogP contribution in [0.2, 0.25) is 0 Å². The van der Waals surface area contributed by atoms with E-state index >= 15 is 0 Å². The van der Waals surface area contributed by atoms with Crippen molar-refractivity contribution in [3.8, 4) is 0 Å². The highest BCUT2D eigenvalue weighted by molar-refractivity contribution is 14.1. The lowest BCUT2D eigenvalue weighted by Crippen LogP contribution is -2.34. The van der Waals surface area contributed by atoms with Crippen molar-refractivity contribution in [1.29, 1.82) is 0 Å². The number of hydrogen-bond donors (Lipinski definition) is 1. The fraction of sp³-hybridized carbons (Fsp3) is 0.625. The zero-order valence-corrected chi connectivity index (χ0v) is 15.5. The lowest BCUT2D eigenvalue weighted by molar-refractivity contribution is 0.403. The molecule has 1 fully saturated rings. The highest BCUT2D eigenvalue weighted by Gasteiger charge is 2.29. The molecule has 0 saturated carbocycles. The van der Waals surface area contributed by atoms with Crippen molar-refractivity contribution >= 4 is 32.4 Å². The fourth-order valence-electron chi connectivity index (χ4n) is 2.95. The summed E-state index contributed by atoms with van der Waals surface area (Å²) in [5.41, 5.74) is 1.32. The topological polar surface area (TPSA) is 46.2 Å². The third-order valence-corrected chi connectivity index (χ3v) is 6.58. The Morgan fingerprint density at radius 1 is 1.33 bits per heavy atom. The van der Waals surface area contributed by atoms with Crippen LogP contribution >= 0.6 is 22.6 Å². The molecule has 0 spiro atoms. The highest BCUT2D eigenvalue weighted by Crippen LogP contribution is 2.24. The van der Waals surface area contributed by atoms with Gasteiger partial charge in [-0.3, -0.25) is 0 Å². The van der Waals surface area contributed by atoms with Crippen molar-refractivity contribution in [3.63, 3.8) is 0 Å². The summed E-state index contributed by atoms with van der Waals surface area (Å²) < 4.78 is 24.5. The predicted octanol–water partition coefficient (Wildman–Crippen LogP) is 3.03. The molecule has 1 aromatic carbocycles. The summed E-state index contributed by atoms with van der Waals surface area (Å²) in [7, 11) is -2.77. The maximum absolute atomic E-state index is 11.6. The maximum Gasteiger partial charge on any atom is 0.150 e. The van der Waals surface area contributed by atoms with Crippen molar-refractivity contribution in [3.05, 3.63) is 33.4 Å². The van der Waals surface area contributed by atoms with Crippen LogP contribution in [0.1, 0.15) is 31.7 Å². The van der Waals surface area contributed by atoms with E-state index in [-0.39, 0.29) is 0 Å². The normalized spacial score (nSPS) is 22.3. The van der Waals surface area contributed by atoms with E-state index in [0.29, 0.717) is 23.5 Å². The monoisotopic (exact) mass is 421 g/mol. The van der Waals surface area contributed by atoms with Crippen LogP contribution in [0.4, 0.5) is 0 Å². The van der Waals surface area contributed by atoms with Crippen LogP contribution in [0.3, 0.4) is 0 Å². The number of rotatable bonds is 7. The Morgan fingerprint density at radius 3 is 2.62 bits per heavy atom. The highest BCUT2D eigenvalue weighted by atomic mass is 127. The molecular formula is C16H24INO2S. The van der Waals surface area contributed by atoms with Crippen molar-refractivity contribution in [2.45, 2.75) is 38.6 Å². The number of benzene rings is 1. The molecule has 0 amide bonds. The van der Waals surface area contributed by atoms with Gasteiger partial charge in [-0.05, 0) is 78.4 Å². The van der Waals surface area contributed by atoms with Gasteiger partial charge in [0.25, 0.3) is 0 Å². The van der Waals surface area contributed by atoms with Crippen molar-refractivity contribution in [1.82, 2.24) is 5.32 Å². The van der Waals surface area contributed by atoms with Gasteiger partial charge in [0.2, 0.25) is 0 Å². The first kappa shape index (κ1) is 17.2. The number of hydrogen-bond acceptors (Lipinski definition) is 3. The summed E-state index contributed by atoms with van der Waals surface area (Å²) in [6, 6.07) is 8.99. The van der Waals surface area contributed by atoms with Gasteiger partial charge in [-0.1, -0.05) is 19.1 Å². The third kappa shape index (κ3) is 5.87. The molecule has 0 aromatic heterocycles. The lowest BCUT2D eigenvalue weighted by Gasteiger charge is -2.21. The minimum Gasteiger partial charge on any atom is -0.314 e. The van der Waals surface area contributed by atoms with E-state index in [2.05, 4.69) is 59.1 Å². The quantitative estimate of drug-likeness (QED) is 0.689. The van der Waals surface area contributed by atoms with Crippen LogP contribution in [0.15, 0.2) is 24.3 Å². The molecule has 118 valence electrons. The minimum atomic E-state index is -2.77. The van der Waals surface area contributed by atoms with E-state index in [1.54, 1.807) is 0 Å². The molecule has 1 aliphatic rings. The summed E-state index contributed by atoms with van der Waals surface area (Å²) in [6.07, 6.45) is 3.88. The van der Waals surface area contributed by atoms with Crippen LogP contribution in [0.25, 0.3) is 0 Å². The Kier molecular flexibility index (Phi) is 6.50. The largest absolute Gasteiger partial charge is 0.314 e. The SMILES string of the molecule is CCCNC(Cc1ccc(I)cc1)CC1CCS(=O)(=O)C1. The zero-order valence-electron chi connectivity index (χ0n) is 12.5. The van der Waals surface area contributed by atoms with Gasteiger partial charge in [0.05, 0.1) is 11.5 Å². The van der Waals surface area contributed by atoms with Gasteiger partial charge in [-0.25, -0.2) is 8.42 Å². The molecule has 0 radical (unpaired) electrons. The second kappa shape index (κ2) is 7.92. The molecule has 0 aliphatic carbocycles. The van der Waals surface area contributed by atoms with E-state index in [1.807, 2.05) is 0 Å². The Balaban J connectivity index is 1.95. The smallest absolute Gasteiger partial charge is 0.150 e. The summed E-state index contributed by atoms with van der Waals surface area (Å²) in [6.45, 7) is 3.16. The van der Waals surface area contributed by atoms with Gasteiger partial charge in [0.1, 0.15) is 0 Å². The Bertz CT molecular complexity index is 542. The maximum atomic E-state index is 11.6. The molecule has 1 aliphatic heterocycles. The molecule has 1 N–H and O–H groups in total. The molecule has 2 rings (SSSR count).